The molecule has 0 N–H and O–H groups in total. The van der Waals surface area contributed by atoms with E-state index in [1.807, 2.05) is 24.1 Å². The molecule has 0 aromatic carbocycles. The zero-order valence-electron chi connectivity index (χ0n) is 11.5. The molecule has 1 aliphatic heterocycles. The van der Waals surface area contributed by atoms with Gasteiger partial charge in [0.2, 0.25) is 5.91 Å². The molecule has 0 spiro atoms. The summed E-state index contributed by atoms with van der Waals surface area (Å²) in [7, 11) is 0. The predicted molar refractivity (Wildman–Crippen MR) is 73.3 cm³/mol. The van der Waals surface area contributed by atoms with E-state index in [4.69, 9.17) is 4.63 Å². The third-order valence-electron chi connectivity index (χ3n) is 3.58. The normalized spacial score (nSPS) is 18.7. The van der Waals surface area contributed by atoms with E-state index >= 15 is 0 Å². The fraction of sp³-hybridized carbons (Fsp3) is 0.538. The summed E-state index contributed by atoms with van der Waals surface area (Å²) in [5.41, 5.74) is 2.39. The fourth-order valence-corrected chi connectivity index (χ4v) is 3.25. The van der Waals surface area contributed by atoms with Crippen LogP contribution in [-0.4, -0.2) is 32.6 Å². The molecule has 7 heteroatoms. The Morgan fingerprint density at radius 2 is 2.35 bits per heavy atom. The molecule has 3 rings (SSSR count). The van der Waals surface area contributed by atoms with Gasteiger partial charge in [-0.05, 0) is 26.7 Å². The second-order valence-electron chi connectivity index (χ2n) is 5.01. The van der Waals surface area contributed by atoms with E-state index < -0.39 is 0 Å². The average Bonchev–Trinajstić information content (AvgIpc) is 3.10. The number of amides is 1. The van der Waals surface area contributed by atoms with Crippen LogP contribution in [0.1, 0.15) is 41.0 Å². The number of likely N-dealkylation sites (tertiary alicyclic amines) is 1. The van der Waals surface area contributed by atoms with E-state index in [-0.39, 0.29) is 11.9 Å². The Bertz CT molecular complexity index is 621. The lowest BCUT2D eigenvalue weighted by molar-refractivity contribution is -0.131. The number of aryl methyl sites for hydroxylation is 2. The molecule has 1 aliphatic rings. The molecule has 0 unspecified atom stereocenters. The number of aromatic nitrogens is 3. The van der Waals surface area contributed by atoms with E-state index in [1.54, 1.807) is 11.3 Å². The molecule has 1 amide bonds. The van der Waals surface area contributed by atoms with Crippen molar-refractivity contribution in [3.63, 3.8) is 0 Å². The summed E-state index contributed by atoms with van der Waals surface area (Å²) in [6.07, 6.45) is 2.25. The molecule has 0 aliphatic carbocycles. The van der Waals surface area contributed by atoms with Gasteiger partial charge >= 0.3 is 0 Å². The van der Waals surface area contributed by atoms with Gasteiger partial charge in [0.25, 0.3) is 0 Å². The minimum atomic E-state index is -0.00603. The summed E-state index contributed by atoms with van der Waals surface area (Å²) in [5.74, 6) is 0.0974. The zero-order chi connectivity index (χ0) is 14.1. The minimum Gasteiger partial charge on any atom is -0.334 e. The van der Waals surface area contributed by atoms with Crippen LogP contribution in [-0.2, 0) is 11.2 Å². The molecule has 3 heterocycles. The number of rotatable bonds is 3. The van der Waals surface area contributed by atoms with Gasteiger partial charge in [0.1, 0.15) is 11.4 Å². The SMILES string of the molecule is Cc1nc(CC(=O)N2CCC[C@H]2c2nonc2C)cs1. The first-order valence-corrected chi connectivity index (χ1v) is 7.52. The maximum atomic E-state index is 12.5. The van der Waals surface area contributed by atoms with Gasteiger partial charge in [-0.3, -0.25) is 4.79 Å². The number of carbonyl (C=O) groups is 1. The molecule has 1 fully saturated rings. The second kappa shape index (κ2) is 5.32. The van der Waals surface area contributed by atoms with E-state index in [1.165, 1.54) is 0 Å². The van der Waals surface area contributed by atoms with Crippen LogP contribution in [0.5, 0.6) is 0 Å². The van der Waals surface area contributed by atoms with Crippen LogP contribution < -0.4 is 0 Å². The summed E-state index contributed by atoms with van der Waals surface area (Å²) in [6, 6.07) is -0.00603. The standard InChI is InChI=1S/C13H16N4O2S/c1-8-13(16-19-15-8)11-4-3-5-17(11)12(18)6-10-7-20-9(2)14-10/h7,11H,3-6H2,1-2H3/t11-/m0/s1. The molecule has 20 heavy (non-hydrogen) atoms. The van der Waals surface area contributed by atoms with E-state index in [0.29, 0.717) is 6.42 Å². The van der Waals surface area contributed by atoms with Crippen LogP contribution in [0.3, 0.4) is 0 Å². The second-order valence-corrected chi connectivity index (χ2v) is 6.08. The highest BCUT2D eigenvalue weighted by molar-refractivity contribution is 7.09. The average molecular weight is 292 g/mol. The summed E-state index contributed by atoms with van der Waals surface area (Å²) in [5, 5.41) is 10.7. The molecule has 0 bridgehead atoms. The van der Waals surface area contributed by atoms with Gasteiger partial charge in [-0.2, -0.15) is 0 Å². The third-order valence-corrected chi connectivity index (χ3v) is 4.40. The minimum absolute atomic E-state index is 0.00603. The Balaban J connectivity index is 1.75. The summed E-state index contributed by atoms with van der Waals surface area (Å²) < 4.78 is 4.76. The molecule has 6 nitrogen and oxygen atoms in total. The Morgan fingerprint density at radius 3 is 3.00 bits per heavy atom. The summed E-state index contributed by atoms with van der Waals surface area (Å²) in [6.45, 7) is 4.57. The fourth-order valence-electron chi connectivity index (χ4n) is 2.64. The van der Waals surface area contributed by atoms with Gasteiger partial charge in [-0.25, -0.2) is 9.61 Å². The van der Waals surface area contributed by atoms with Crippen LogP contribution in [0.2, 0.25) is 0 Å². The maximum Gasteiger partial charge on any atom is 0.229 e. The highest BCUT2D eigenvalue weighted by Gasteiger charge is 2.33. The van der Waals surface area contributed by atoms with Gasteiger partial charge in [0.05, 0.1) is 23.2 Å². The van der Waals surface area contributed by atoms with E-state index in [0.717, 1.165) is 41.5 Å². The molecule has 1 saturated heterocycles. The van der Waals surface area contributed by atoms with Gasteiger partial charge in [0, 0.05) is 11.9 Å². The van der Waals surface area contributed by atoms with Crippen LogP contribution in [0.15, 0.2) is 10.0 Å². The van der Waals surface area contributed by atoms with Crippen molar-refractivity contribution in [2.45, 2.75) is 39.2 Å². The molecular formula is C13H16N4O2S. The molecule has 0 radical (unpaired) electrons. The van der Waals surface area contributed by atoms with Crippen molar-refractivity contribution in [3.05, 3.63) is 27.5 Å². The quantitative estimate of drug-likeness (QED) is 0.865. The van der Waals surface area contributed by atoms with Crippen molar-refractivity contribution >= 4 is 17.2 Å². The van der Waals surface area contributed by atoms with Crippen molar-refractivity contribution in [2.75, 3.05) is 6.54 Å². The Hall–Kier alpha value is -1.76. The van der Waals surface area contributed by atoms with Gasteiger partial charge < -0.3 is 4.90 Å². The number of thiazole rings is 1. The van der Waals surface area contributed by atoms with Gasteiger partial charge in [0.15, 0.2) is 0 Å². The topological polar surface area (TPSA) is 72.1 Å². The highest BCUT2D eigenvalue weighted by Crippen LogP contribution is 2.32. The first-order valence-electron chi connectivity index (χ1n) is 6.64. The molecule has 106 valence electrons. The van der Waals surface area contributed by atoms with Gasteiger partial charge in [-0.15, -0.1) is 11.3 Å². The summed E-state index contributed by atoms with van der Waals surface area (Å²) >= 11 is 1.57. The lowest BCUT2D eigenvalue weighted by Crippen LogP contribution is -2.32. The zero-order valence-corrected chi connectivity index (χ0v) is 12.3. The first-order chi connectivity index (χ1) is 9.65. The Labute approximate surface area is 120 Å². The largest absolute Gasteiger partial charge is 0.334 e. The maximum absolute atomic E-state index is 12.5. The molecule has 2 aromatic heterocycles. The monoisotopic (exact) mass is 292 g/mol. The first kappa shape index (κ1) is 13.2. The van der Waals surface area contributed by atoms with Gasteiger partial charge in [-0.1, -0.05) is 10.3 Å². The number of hydrogen-bond donors (Lipinski definition) is 0. The molecule has 0 saturated carbocycles. The lowest BCUT2D eigenvalue weighted by atomic mass is 10.1. The van der Waals surface area contributed by atoms with E-state index in [2.05, 4.69) is 15.3 Å². The lowest BCUT2D eigenvalue weighted by Gasteiger charge is -2.22. The van der Waals surface area contributed by atoms with E-state index in [9.17, 15) is 4.79 Å². The predicted octanol–water partition coefficient (Wildman–Crippen LogP) is 2.05. The van der Waals surface area contributed by atoms with Crippen LogP contribution in [0, 0.1) is 13.8 Å². The smallest absolute Gasteiger partial charge is 0.229 e. The molecule has 1 atom stereocenters. The van der Waals surface area contributed by atoms with Crippen molar-refractivity contribution in [1.82, 2.24) is 20.2 Å². The number of nitrogens with zero attached hydrogens (tertiary/aromatic N) is 4. The van der Waals surface area contributed by atoms with Crippen molar-refractivity contribution in [3.8, 4) is 0 Å². The third kappa shape index (κ3) is 2.45. The van der Waals surface area contributed by atoms with Crippen LogP contribution >= 0.6 is 11.3 Å². The van der Waals surface area contributed by atoms with Crippen LogP contribution in [0.25, 0.3) is 0 Å². The number of carbonyl (C=O) groups excluding carboxylic acids is 1. The van der Waals surface area contributed by atoms with Crippen molar-refractivity contribution < 1.29 is 9.42 Å². The highest BCUT2D eigenvalue weighted by atomic mass is 32.1. The Kier molecular flexibility index (Phi) is 3.52. The molecule has 2 aromatic rings. The van der Waals surface area contributed by atoms with Crippen molar-refractivity contribution in [2.24, 2.45) is 0 Å². The van der Waals surface area contributed by atoms with Crippen molar-refractivity contribution in [1.29, 1.82) is 0 Å². The number of hydrogen-bond acceptors (Lipinski definition) is 6. The van der Waals surface area contributed by atoms with Crippen LogP contribution in [0.4, 0.5) is 0 Å². The summed E-state index contributed by atoms with van der Waals surface area (Å²) in [4.78, 5) is 18.7. The molecular weight excluding hydrogens is 276 g/mol. The Morgan fingerprint density at radius 1 is 1.50 bits per heavy atom.